The minimum atomic E-state index is -4.02. The van der Waals surface area contributed by atoms with Crippen molar-refractivity contribution in [3.05, 3.63) is 0 Å². The Bertz CT molecular complexity index is 448. The van der Waals surface area contributed by atoms with E-state index in [4.69, 9.17) is 7.15 Å². The molecule has 0 bridgehead atoms. The van der Waals surface area contributed by atoms with Crippen LogP contribution in [0.1, 0.15) is 27.7 Å². The summed E-state index contributed by atoms with van der Waals surface area (Å²) in [5.74, 6) is -3.29. The first-order valence-electron chi connectivity index (χ1n) is 6.04. The highest BCUT2D eigenvalue weighted by atomic mass is 31.2. The third-order valence-corrected chi connectivity index (χ3v) is 8.14. The second-order valence-electron chi connectivity index (χ2n) is 4.00. The minimum Gasteiger partial charge on any atom is -0.562 e. The zero-order valence-corrected chi connectivity index (χ0v) is 16.3. The van der Waals surface area contributed by atoms with Crippen molar-refractivity contribution in [1.29, 1.82) is 0 Å². The van der Waals surface area contributed by atoms with Crippen LogP contribution < -0.4 is 0 Å². The average Bonchev–Trinajstić information content (AvgIpc) is 2.22. The molecule has 0 aromatic heterocycles. The number of rotatable bonds is 8. The van der Waals surface area contributed by atoms with Crippen LogP contribution in [0.5, 0.6) is 0 Å². The molecule has 0 aromatic rings. The number of hydrogen-bond donors (Lipinski definition) is 0. The smallest absolute Gasteiger partial charge is 0.562 e. The van der Waals surface area contributed by atoms with E-state index in [1.807, 2.05) is 0 Å². The summed E-state index contributed by atoms with van der Waals surface area (Å²) >= 11 is -6.90. The zero-order chi connectivity index (χ0) is 18.2. The molecule has 128 valence electrons. The molecule has 0 unspecified atom stereocenters. The molecule has 0 aromatic carbocycles. The second-order valence-corrected chi connectivity index (χ2v) is 9.32. The largest absolute Gasteiger partial charge is 1.11 e. The number of carbonyl (C=O) groups is 4. The molecule has 0 N–H and O–H groups in total. The van der Waals surface area contributed by atoms with Crippen LogP contribution in [0.3, 0.4) is 0 Å². The summed E-state index contributed by atoms with van der Waals surface area (Å²) < 4.78 is 40.5. The second kappa shape index (κ2) is 10.1. The maximum absolute atomic E-state index is 12.2. The molecule has 0 saturated heterocycles. The summed E-state index contributed by atoms with van der Waals surface area (Å²) in [6.45, 7) is 5.08. The van der Waals surface area contributed by atoms with E-state index < -0.39 is 61.8 Å². The fraction of sp³-hybridized carbons (Fsp3) is 0.556. The lowest BCUT2D eigenvalue weighted by atomic mass is 10.9. The Balaban J connectivity index is 4.98. The molecule has 23 heavy (non-hydrogen) atoms. The average molecular weight is 384 g/mol. The van der Waals surface area contributed by atoms with Gasteiger partial charge in [0.05, 0.1) is 0 Å². The lowest BCUT2D eigenvalue weighted by molar-refractivity contribution is -0.141. The topological polar surface area (TPSA) is 141 Å². The van der Waals surface area contributed by atoms with Crippen molar-refractivity contribution < 1.29 is 46.0 Å². The van der Waals surface area contributed by atoms with Gasteiger partial charge in [0, 0.05) is 34.4 Å². The SMILES string of the molecule is CC(=O)[O][Al]([O]C(C)=O)[O]P(C)(=O)[O][Al]([O]C(C)=O)[O]C(C)=O. The van der Waals surface area contributed by atoms with Crippen LogP contribution in [0.2, 0.25) is 0 Å². The molecule has 0 radical (unpaired) electrons. The van der Waals surface area contributed by atoms with Gasteiger partial charge in [0.2, 0.25) is 0 Å². The Hall–Kier alpha value is -0.905. The molecular formula is C9H15Al2O11P. The summed E-state index contributed by atoms with van der Waals surface area (Å²) in [5, 5.41) is 0. The third-order valence-electron chi connectivity index (χ3n) is 1.60. The summed E-state index contributed by atoms with van der Waals surface area (Å²) in [5.41, 5.74) is 0. The first-order chi connectivity index (χ1) is 10.4. The summed E-state index contributed by atoms with van der Waals surface area (Å²) in [4.78, 5) is 43.7. The van der Waals surface area contributed by atoms with Crippen LogP contribution in [0, 0.1) is 0 Å². The molecule has 14 heteroatoms. The molecule has 0 aliphatic rings. The van der Waals surface area contributed by atoms with E-state index in [1.54, 1.807) is 0 Å². The summed E-state index contributed by atoms with van der Waals surface area (Å²) in [6.07, 6.45) is 0. The predicted octanol–water partition coefficient (Wildman–Crippen LogP) is 0.0647. The van der Waals surface area contributed by atoms with Crippen molar-refractivity contribution in [2.75, 3.05) is 6.66 Å². The highest BCUT2D eigenvalue weighted by Gasteiger charge is 2.53. The lowest BCUT2D eigenvalue weighted by Crippen LogP contribution is -2.34. The van der Waals surface area contributed by atoms with Gasteiger partial charge in [-0.1, -0.05) is 0 Å². The van der Waals surface area contributed by atoms with Gasteiger partial charge in [-0.25, -0.2) is 0 Å². The molecule has 0 fully saturated rings. The van der Waals surface area contributed by atoms with E-state index in [0.717, 1.165) is 34.4 Å². The summed E-state index contributed by atoms with van der Waals surface area (Å²) in [7, 11) is -4.02. The van der Waals surface area contributed by atoms with Crippen LogP contribution >= 0.6 is 7.60 Å². The van der Waals surface area contributed by atoms with Crippen molar-refractivity contribution in [2.24, 2.45) is 0 Å². The van der Waals surface area contributed by atoms with Crippen molar-refractivity contribution in [3.63, 3.8) is 0 Å². The Morgan fingerprint density at radius 2 is 0.870 bits per heavy atom. The molecule has 0 spiro atoms. The van der Waals surface area contributed by atoms with E-state index in [2.05, 4.69) is 15.2 Å². The lowest BCUT2D eigenvalue weighted by Gasteiger charge is -2.19. The zero-order valence-electron chi connectivity index (χ0n) is 13.1. The van der Waals surface area contributed by atoms with Gasteiger partial charge in [0.1, 0.15) is 0 Å². The monoisotopic (exact) mass is 384 g/mol. The molecular weight excluding hydrogens is 369 g/mol. The molecule has 0 rings (SSSR count). The Kier molecular flexibility index (Phi) is 9.67. The van der Waals surface area contributed by atoms with Crippen molar-refractivity contribution in [3.8, 4) is 0 Å². The van der Waals surface area contributed by atoms with E-state index in [1.165, 1.54) is 0 Å². The Morgan fingerprint density at radius 1 is 0.652 bits per heavy atom. The standard InChI is InChI=1S/4C2H4O2.CH5O3P.2Al/c4*1-2(3)4;1-5(2,3)4;;/h4*1H3,(H,3,4);1H3,(H2,2,3,4);;/q;;;;;2*+3/p-6. The van der Waals surface area contributed by atoms with Crippen LogP contribution in [0.15, 0.2) is 0 Å². The molecule has 0 amide bonds. The van der Waals surface area contributed by atoms with Gasteiger partial charge < -0.3 is 22.3 Å². The highest BCUT2D eigenvalue weighted by molar-refractivity contribution is 7.55. The van der Waals surface area contributed by atoms with Gasteiger partial charge in [0.15, 0.2) is 0 Å². The summed E-state index contributed by atoms with van der Waals surface area (Å²) in [6, 6.07) is 0. The van der Waals surface area contributed by atoms with Gasteiger partial charge in [-0.2, -0.15) is 0 Å². The van der Waals surface area contributed by atoms with Crippen LogP contribution in [0.25, 0.3) is 0 Å². The quantitative estimate of drug-likeness (QED) is 0.414. The molecule has 0 saturated carbocycles. The minimum absolute atomic E-state index is 0.823. The van der Waals surface area contributed by atoms with Gasteiger partial charge in [-0.3, -0.25) is 23.7 Å². The third kappa shape index (κ3) is 12.2. The van der Waals surface area contributed by atoms with E-state index in [-0.39, 0.29) is 0 Å². The molecule has 0 heterocycles. The first kappa shape index (κ1) is 22.1. The Morgan fingerprint density at radius 3 is 1.04 bits per heavy atom. The van der Waals surface area contributed by atoms with Crippen LogP contribution in [-0.4, -0.2) is 60.8 Å². The highest BCUT2D eigenvalue weighted by Crippen LogP contribution is 2.45. The van der Waals surface area contributed by atoms with Gasteiger partial charge in [-0.15, -0.1) is 0 Å². The van der Waals surface area contributed by atoms with Gasteiger partial charge in [-0.05, 0) is 0 Å². The van der Waals surface area contributed by atoms with Crippen LogP contribution in [0.4, 0.5) is 0 Å². The van der Waals surface area contributed by atoms with Gasteiger partial charge in [0.25, 0.3) is 31.5 Å². The fourth-order valence-corrected chi connectivity index (χ4v) is 6.03. The molecule has 0 atom stereocenters. The maximum atomic E-state index is 12.2. The van der Waals surface area contributed by atoms with Gasteiger partial charge >= 0.3 is 30.3 Å². The van der Waals surface area contributed by atoms with E-state index in [0.29, 0.717) is 0 Å². The van der Waals surface area contributed by atoms with Crippen molar-refractivity contribution in [2.45, 2.75) is 27.7 Å². The normalized spacial score (nSPS) is 10.3. The van der Waals surface area contributed by atoms with Crippen molar-refractivity contribution >= 4 is 61.8 Å². The Labute approximate surface area is 142 Å². The predicted molar refractivity (Wildman–Crippen MR) is 74.3 cm³/mol. The molecule has 0 aliphatic carbocycles. The van der Waals surface area contributed by atoms with E-state index >= 15 is 0 Å². The molecule has 11 nitrogen and oxygen atoms in total. The first-order valence-corrected chi connectivity index (χ1v) is 10.9. The number of carbonyl (C=O) groups excluding carboxylic acids is 4. The maximum Gasteiger partial charge on any atom is 1.11 e. The van der Waals surface area contributed by atoms with E-state index in [9.17, 15) is 23.7 Å². The fourth-order valence-electron chi connectivity index (χ4n) is 1.01. The van der Waals surface area contributed by atoms with Crippen molar-refractivity contribution in [1.82, 2.24) is 0 Å². The van der Waals surface area contributed by atoms with Crippen LogP contribution in [-0.2, 0) is 46.0 Å². The molecule has 0 aliphatic heterocycles. The number of hydrogen-bond acceptors (Lipinski definition) is 11.